The molecule has 4 N–H and O–H groups in total. The van der Waals surface area contributed by atoms with Gasteiger partial charge in [-0.3, -0.25) is 19.7 Å². The van der Waals surface area contributed by atoms with Crippen LogP contribution in [-0.4, -0.2) is 98.3 Å². The van der Waals surface area contributed by atoms with Gasteiger partial charge in [0.05, 0.1) is 31.0 Å². The van der Waals surface area contributed by atoms with Crippen LogP contribution in [0.3, 0.4) is 0 Å². The second-order valence-corrected chi connectivity index (χ2v) is 9.58. The molecule has 2 aromatic rings. The Bertz CT molecular complexity index is 1240. The molecule has 4 heterocycles. The number of nitrogens with zero attached hydrogens (tertiary/aromatic N) is 3. The fourth-order valence-electron chi connectivity index (χ4n) is 4.10. The highest BCUT2D eigenvalue weighted by molar-refractivity contribution is 5.90. The van der Waals surface area contributed by atoms with E-state index in [1.165, 1.54) is 5.56 Å². The molecule has 2 aliphatic heterocycles. The number of carboxylic acids is 3. The third-order valence-electron chi connectivity index (χ3n) is 6.07. The van der Waals surface area contributed by atoms with Crippen LogP contribution in [0.2, 0.25) is 0 Å². The molecule has 2 aliphatic rings. The van der Waals surface area contributed by atoms with E-state index in [2.05, 4.69) is 26.3 Å². The number of amides is 1. The fraction of sp³-hybridized carbons (Fsp3) is 0.462. The molecule has 12 nitrogen and oxygen atoms in total. The van der Waals surface area contributed by atoms with E-state index in [4.69, 9.17) is 34.4 Å². The summed E-state index contributed by atoms with van der Waals surface area (Å²) in [6.07, 6.45) is -6.64. The van der Waals surface area contributed by atoms with Crippen molar-refractivity contribution in [2.45, 2.75) is 44.0 Å². The van der Waals surface area contributed by atoms with Crippen molar-refractivity contribution in [3.63, 3.8) is 0 Å². The minimum atomic E-state index is -5.08. The lowest BCUT2D eigenvalue weighted by molar-refractivity contribution is -0.193. The predicted molar refractivity (Wildman–Crippen MR) is 139 cm³/mol. The van der Waals surface area contributed by atoms with Gasteiger partial charge >= 0.3 is 36.4 Å². The Labute approximate surface area is 259 Å². The average molecular weight is 695 g/mol. The van der Waals surface area contributed by atoms with Gasteiger partial charge in [0.1, 0.15) is 0 Å². The van der Waals surface area contributed by atoms with Crippen LogP contribution in [0.1, 0.15) is 18.4 Å². The highest BCUT2D eigenvalue weighted by atomic mass is 19.4. The van der Waals surface area contributed by atoms with E-state index in [1.54, 1.807) is 12.4 Å². The van der Waals surface area contributed by atoms with E-state index >= 15 is 0 Å². The van der Waals surface area contributed by atoms with Crippen LogP contribution in [0.25, 0.3) is 0 Å². The number of likely N-dealkylation sites (tertiary alicyclic amines) is 1. The van der Waals surface area contributed by atoms with Crippen LogP contribution in [0.5, 0.6) is 0 Å². The first-order chi connectivity index (χ1) is 21.6. The van der Waals surface area contributed by atoms with Gasteiger partial charge in [0.25, 0.3) is 0 Å². The van der Waals surface area contributed by atoms with Crippen LogP contribution in [-0.2, 0) is 30.5 Å². The molecular formula is C26H27F9N4O8. The number of alkyl halides is 9. The normalized spacial score (nSPS) is 19.2. The van der Waals surface area contributed by atoms with Crippen molar-refractivity contribution in [2.24, 2.45) is 11.8 Å². The number of rotatable bonds is 5. The van der Waals surface area contributed by atoms with E-state index in [0.29, 0.717) is 18.3 Å². The van der Waals surface area contributed by atoms with Crippen molar-refractivity contribution in [3.05, 3.63) is 54.6 Å². The SMILES string of the molecule is O=C(C[C@H]1OC[C@H]2CN(Cc3cccnc3)CC[C@H]21)Nc1cccnc1.O=C(O)C(F)(F)F.O=C(O)C(F)(F)F.O=C(O)C(F)(F)F. The van der Waals surface area contributed by atoms with Gasteiger partial charge < -0.3 is 25.4 Å². The number of anilines is 1. The van der Waals surface area contributed by atoms with Gasteiger partial charge in [-0.05, 0) is 42.6 Å². The number of fused-ring (bicyclic) bond motifs is 1. The van der Waals surface area contributed by atoms with Crippen molar-refractivity contribution >= 4 is 29.5 Å². The monoisotopic (exact) mass is 694 g/mol. The Balaban J connectivity index is 0.000000430. The zero-order valence-electron chi connectivity index (χ0n) is 23.7. The fourth-order valence-corrected chi connectivity index (χ4v) is 4.10. The Morgan fingerprint density at radius 1 is 0.830 bits per heavy atom. The third kappa shape index (κ3) is 16.0. The Morgan fingerprint density at radius 3 is 1.74 bits per heavy atom. The minimum absolute atomic E-state index is 0.00133. The smallest absolute Gasteiger partial charge is 0.475 e. The van der Waals surface area contributed by atoms with Crippen molar-refractivity contribution in [1.29, 1.82) is 0 Å². The standard InChI is InChI=1S/C20H24N4O2.3C2HF3O2/c25-20(23-17-4-2-7-22-11-17)9-19-18-5-8-24(13-16(18)14-26-19)12-15-3-1-6-21-10-15;3*3-2(4,5)1(6)7/h1-4,6-7,10-11,16,18-19H,5,8-9,12-14H2,(H,23,25);3*(H,6,7)/t16-,18-,19-;;;/m1.../s1. The molecule has 4 rings (SSSR count). The summed E-state index contributed by atoms with van der Waals surface area (Å²) in [6, 6.07) is 7.77. The number of hydrogen-bond donors (Lipinski definition) is 4. The number of aromatic nitrogens is 2. The first kappa shape index (κ1) is 40.5. The second-order valence-electron chi connectivity index (χ2n) is 9.58. The molecule has 21 heteroatoms. The maximum absolute atomic E-state index is 12.3. The number of carbonyl (C=O) groups is 4. The predicted octanol–water partition coefficient (Wildman–Crippen LogP) is 4.24. The number of carbonyl (C=O) groups excluding carboxylic acids is 1. The summed E-state index contributed by atoms with van der Waals surface area (Å²) in [4.78, 5) is 49.7. The van der Waals surface area contributed by atoms with Gasteiger partial charge in [-0.25, -0.2) is 14.4 Å². The number of carboxylic acid groups (broad SMARTS) is 3. The van der Waals surface area contributed by atoms with Gasteiger partial charge in [-0.2, -0.15) is 39.5 Å². The van der Waals surface area contributed by atoms with Crippen LogP contribution in [0, 0.1) is 11.8 Å². The number of nitrogens with one attached hydrogen (secondary N) is 1. The van der Waals surface area contributed by atoms with Crippen LogP contribution in [0.15, 0.2) is 49.1 Å². The Morgan fingerprint density at radius 2 is 1.32 bits per heavy atom. The molecule has 0 aromatic carbocycles. The number of piperidine rings is 1. The Hall–Kier alpha value is -4.53. The molecule has 262 valence electrons. The maximum Gasteiger partial charge on any atom is 0.490 e. The van der Waals surface area contributed by atoms with Crippen molar-refractivity contribution in [2.75, 3.05) is 25.0 Å². The van der Waals surface area contributed by atoms with Crippen LogP contribution >= 0.6 is 0 Å². The zero-order valence-corrected chi connectivity index (χ0v) is 23.7. The van der Waals surface area contributed by atoms with Crippen molar-refractivity contribution in [1.82, 2.24) is 14.9 Å². The summed E-state index contributed by atoms with van der Waals surface area (Å²) in [5.41, 5.74) is 1.98. The molecule has 47 heavy (non-hydrogen) atoms. The summed E-state index contributed by atoms with van der Waals surface area (Å²) in [6.45, 7) is 3.75. The van der Waals surface area contributed by atoms with Gasteiger partial charge in [0.15, 0.2) is 0 Å². The number of ether oxygens (including phenoxy) is 1. The number of hydrogen-bond acceptors (Lipinski definition) is 8. The number of pyridine rings is 2. The molecule has 0 saturated carbocycles. The van der Waals surface area contributed by atoms with Crippen molar-refractivity contribution < 1.29 is 78.7 Å². The van der Waals surface area contributed by atoms with Gasteiger partial charge in [0, 0.05) is 37.6 Å². The molecule has 0 spiro atoms. The minimum Gasteiger partial charge on any atom is -0.475 e. The summed E-state index contributed by atoms with van der Waals surface area (Å²) >= 11 is 0. The summed E-state index contributed by atoms with van der Waals surface area (Å²) in [5, 5.41) is 24.3. The summed E-state index contributed by atoms with van der Waals surface area (Å²) in [7, 11) is 0. The lowest BCUT2D eigenvalue weighted by Crippen LogP contribution is -2.41. The van der Waals surface area contributed by atoms with Gasteiger partial charge in [-0.15, -0.1) is 0 Å². The first-order valence-electron chi connectivity index (χ1n) is 12.9. The first-order valence-corrected chi connectivity index (χ1v) is 12.9. The molecular weight excluding hydrogens is 667 g/mol. The molecule has 2 fully saturated rings. The summed E-state index contributed by atoms with van der Waals surface area (Å²) in [5.74, 6) is -7.29. The topological polar surface area (TPSA) is 179 Å². The second kappa shape index (κ2) is 18.0. The lowest BCUT2D eigenvalue weighted by Gasteiger charge is -2.35. The van der Waals surface area contributed by atoms with E-state index < -0.39 is 36.4 Å². The van der Waals surface area contributed by atoms with E-state index in [-0.39, 0.29) is 12.0 Å². The van der Waals surface area contributed by atoms with Gasteiger partial charge in [0.2, 0.25) is 5.91 Å². The molecule has 0 bridgehead atoms. The summed E-state index contributed by atoms with van der Waals surface area (Å²) < 4.78 is 101. The van der Waals surface area contributed by atoms with E-state index in [0.717, 1.165) is 38.3 Å². The molecule has 1 amide bonds. The number of halogens is 9. The van der Waals surface area contributed by atoms with Gasteiger partial charge in [-0.1, -0.05) is 6.07 Å². The van der Waals surface area contributed by atoms with Crippen LogP contribution < -0.4 is 5.32 Å². The molecule has 2 aromatic heterocycles. The highest BCUT2D eigenvalue weighted by Gasteiger charge is 2.42. The maximum atomic E-state index is 12.3. The molecule has 0 aliphatic carbocycles. The molecule has 3 atom stereocenters. The lowest BCUT2D eigenvalue weighted by atomic mass is 9.83. The number of aliphatic carboxylic acids is 3. The Kier molecular flexibility index (Phi) is 15.5. The third-order valence-corrected chi connectivity index (χ3v) is 6.07. The molecule has 0 unspecified atom stereocenters. The van der Waals surface area contributed by atoms with Crippen molar-refractivity contribution in [3.8, 4) is 0 Å². The quantitative estimate of drug-likeness (QED) is 0.329. The van der Waals surface area contributed by atoms with E-state index in [1.807, 2.05) is 30.6 Å². The molecule has 0 radical (unpaired) electrons. The van der Waals surface area contributed by atoms with Crippen LogP contribution in [0.4, 0.5) is 45.2 Å². The zero-order chi connectivity index (χ0) is 36.0. The average Bonchev–Trinajstić information content (AvgIpc) is 3.35. The molecule has 2 saturated heterocycles. The largest absolute Gasteiger partial charge is 0.490 e. The van der Waals surface area contributed by atoms with E-state index in [9.17, 15) is 44.3 Å². The highest BCUT2D eigenvalue weighted by Crippen LogP contribution is 2.36.